The van der Waals surface area contributed by atoms with E-state index >= 15 is 0 Å². The van der Waals surface area contributed by atoms with Crippen molar-refractivity contribution in [1.29, 1.82) is 0 Å². The number of carbonyl (C=O) groups is 1. The monoisotopic (exact) mass is 275 g/mol. The van der Waals surface area contributed by atoms with E-state index in [-0.39, 0.29) is 11.3 Å². The van der Waals surface area contributed by atoms with E-state index in [4.69, 9.17) is 0 Å². The van der Waals surface area contributed by atoms with Crippen LogP contribution in [0, 0.1) is 5.41 Å². The Morgan fingerprint density at radius 1 is 1.25 bits per heavy atom. The Bertz CT molecular complexity index is 425. The zero-order chi connectivity index (χ0) is 14.4. The molecule has 1 aromatic rings. The van der Waals surface area contributed by atoms with Gasteiger partial charge in [-0.15, -0.1) is 0 Å². The van der Waals surface area contributed by atoms with Crippen molar-refractivity contribution in [2.45, 2.75) is 19.8 Å². The lowest BCUT2D eigenvalue weighted by Crippen LogP contribution is -2.44. The lowest BCUT2D eigenvalue weighted by atomic mass is 9.80. The number of nitrogens with zero attached hydrogens (tertiary/aromatic N) is 1. The third-order valence-electron chi connectivity index (χ3n) is 4.13. The van der Waals surface area contributed by atoms with Gasteiger partial charge in [0, 0.05) is 12.2 Å². The van der Waals surface area contributed by atoms with Crippen molar-refractivity contribution in [3.8, 4) is 0 Å². The number of piperidine rings is 1. The highest BCUT2D eigenvalue weighted by Crippen LogP contribution is 2.29. The normalized spacial score (nSPS) is 18.5. The Morgan fingerprint density at radius 2 is 1.90 bits per heavy atom. The summed E-state index contributed by atoms with van der Waals surface area (Å²) in [4.78, 5) is 14.2. The quantitative estimate of drug-likeness (QED) is 0.863. The summed E-state index contributed by atoms with van der Waals surface area (Å²) in [5, 5.41) is 6.19. The number of likely N-dealkylation sites (tertiary alicyclic amines) is 1. The molecule has 0 aliphatic carbocycles. The average Bonchev–Trinajstić information content (AvgIpc) is 2.48. The zero-order valence-electron chi connectivity index (χ0n) is 12.5. The Balaban J connectivity index is 1.70. The molecule has 1 aliphatic rings. The van der Waals surface area contributed by atoms with E-state index < -0.39 is 0 Å². The van der Waals surface area contributed by atoms with Crippen molar-refractivity contribution in [3.63, 3.8) is 0 Å². The van der Waals surface area contributed by atoms with Crippen LogP contribution in [0.1, 0.15) is 19.8 Å². The number of carbonyl (C=O) groups excluding carboxylic acids is 1. The minimum atomic E-state index is 0.0639. The molecule has 20 heavy (non-hydrogen) atoms. The molecule has 4 nitrogen and oxygen atoms in total. The molecule has 1 saturated heterocycles. The van der Waals surface area contributed by atoms with Crippen molar-refractivity contribution in [1.82, 2.24) is 10.2 Å². The molecular formula is C16H25N3O. The second kappa shape index (κ2) is 6.75. The Hall–Kier alpha value is -1.55. The van der Waals surface area contributed by atoms with Crippen molar-refractivity contribution in [3.05, 3.63) is 30.3 Å². The fourth-order valence-corrected chi connectivity index (χ4v) is 2.45. The number of amides is 1. The van der Waals surface area contributed by atoms with Gasteiger partial charge in [0.05, 0.1) is 6.54 Å². The first-order valence-electron chi connectivity index (χ1n) is 7.32. The smallest absolute Gasteiger partial charge is 0.239 e. The molecule has 1 fully saturated rings. The molecule has 0 spiro atoms. The van der Waals surface area contributed by atoms with E-state index in [1.807, 2.05) is 30.3 Å². The van der Waals surface area contributed by atoms with Gasteiger partial charge in [-0.2, -0.15) is 0 Å². The second-order valence-electron chi connectivity index (χ2n) is 6.11. The molecule has 0 aromatic heterocycles. The van der Waals surface area contributed by atoms with Gasteiger partial charge >= 0.3 is 0 Å². The zero-order valence-corrected chi connectivity index (χ0v) is 12.5. The van der Waals surface area contributed by atoms with E-state index in [1.54, 1.807) is 0 Å². The van der Waals surface area contributed by atoms with E-state index in [0.717, 1.165) is 38.2 Å². The maximum atomic E-state index is 11.9. The summed E-state index contributed by atoms with van der Waals surface area (Å²) in [5.41, 5.74) is 1.22. The number of anilines is 1. The molecule has 1 heterocycles. The van der Waals surface area contributed by atoms with Crippen LogP contribution in [-0.2, 0) is 4.79 Å². The number of hydrogen-bond donors (Lipinski definition) is 2. The maximum absolute atomic E-state index is 11.9. The molecule has 1 aromatic carbocycles. The van der Waals surface area contributed by atoms with Crippen LogP contribution in [0.2, 0.25) is 0 Å². The standard InChI is InChI=1S/C16H25N3O/c1-16(8-10-19(2)11-9-16)13-18-15(20)12-17-14-6-4-3-5-7-14/h3-7,17H,8-13H2,1-2H3,(H,18,20). The van der Waals surface area contributed by atoms with Gasteiger partial charge in [-0.3, -0.25) is 4.79 Å². The number of hydrogen-bond acceptors (Lipinski definition) is 3. The molecule has 1 aliphatic heterocycles. The van der Waals surface area contributed by atoms with Crippen molar-refractivity contribution < 1.29 is 4.79 Å². The fourth-order valence-electron chi connectivity index (χ4n) is 2.45. The van der Waals surface area contributed by atoms with E-state index in [1.165, 1.54) is 0 Å². The highest BCUT2D eigenvalue weighted by atomic mass is 16.1. The minimum absolute atomic E-state index is 0.0639. The van der Waals surface area contributed by atoms with Crippen LogP contribution >= 0.6 is 0 Å². The number of nitrogens with one attached hydrogen (secondary N) is 2. The summed E-state index contributed by atoms with van der Waals surface area (Å²) in [6.07, 6.45) is 2.30. The van der Waals surface area contributed by atoms with Gasteiger partial charge in [0.1, 0.15) is 0 Å². The predicted octanol–water partition coefficient (Wildman–Crippen LogP) is 1.95. The number of benzene rings is 1. The summed E-state index contributed by atoms with van der Waals surface area (Å²) < 4.78 is 0. The summed E-state index contributed by atoms with van der Waals surface area (Å²) in [7, 11) is 2.15. The predicted molar refractivity (Wildman–Crippen MR) is 82.8 cm³/mol. The highest BCUT2D eigenvalue weighted by molar-refractivity contribution is 5.80. The first-order valence-corrected chi connectivity index (χ1v) is 7.32. The van der Waals surface area contributed by atoms with Crippen LogP contribution in [0.4, 0.5) is 5.69 Å². The largest absolute Gasteiger partial charge is 0.376 e. The van der Waals surface area contributed by atoms with Crippen LogP contribution in [0.3, 0.4) is 0 Å². The molecule has 110 valence electrons. The topological polar surface area (TPSA) is 44.4 Å². The SMILES string of the molecule is CN1CCC(C)(CNC(=O)CNc2ccccc2)CC1. The van der Waals surface area contributed by atoms with Crippen LogP contribution in [-0.4, -0.2) is 44.0 Å². The molecular weight excluding hydrogens is 250 g/mol. The van der Waals surface area contributed by atoms with Gasteiger partial charge in [-0.05, 0) is 50.5 Å². The fraction of sp³-hybridized carbons (Fsp3) is 0.562. The molecule has 1 amide bonds. The number of rotatable bonds is 5. The van der Waals surface area contributed by atoms with Gasteiger partial charge in [0.15, 0.2) is 0 Å². The van der Waals surface area contributed by atoms with Crippen LogP contribution in [0.5, 0.6) is 0 Å². The molecule has 2 rings (SSSR count). The van der Waals surface area contributed by atoms with Crippen molar-refractivity contribution in [2.24, 2.45) is 5.41 Å². The summed E-state index contributed by atoms with van der Waals surface area (Å²) in [5.74, 6) is 0.0639. The Morgan fingerprint density at radius 3 is 2.55 bits per heavy atom. The lowest BCUT2D eigenvalue weighted by molar-refractivity contribution is -0.120. The average molecular weight is 275 g/mol. The molecule has 0 unspecified atom stereocenters. The van der Waals surface area contributed by atoms with Crippen molar-refractivity contribution in [2.75, 3.05) is 38.5 Å². The molecule has 0 saturated carbocycles. The summed E-state index contributed by atoms with van der Waals surface area (Å²) >= 11 is 0. The first-order chi connectivity index (χ1) is 9.57. The van der Waals surface area contributed by atoms with E-state index in [9.17, 15) is 4.79 Å². The van der Waals surface area contributed by atoms with Gasteiger partial charge in [0.2, 0.25) is 5.91 Å². The van der Waals surface area contributed by atoms with Gasteiger partial charge in [-0.1, -0.05) is 25.1 Å². The lowest BCUT2D eigenvalue weighted by Gasteiger charge is -2.37. The molecule has 2 N–H and O–H groups in total. The Labute approximate surface area is 121 Å². The summed E-state index contributed by atoms with van der Waals surface area (Å²) in [6.45, 7) is 5.62. The Kier molecular flexibility index (Phi) is 5.01. The summed E-state index contributed by atoms with van der Waals surface area (Å²) in [6, 6.07) is 9.81. The highest BCUT2D eigenvalue weighted by Gasteiger charge is 2.28. The van der Waals surface area contributed by atoms with E-state index in [0.29, 0.717) is 6.54 Å². The number of para-hydroxylation sites is 1. The van der Waals surface area contributed by atoms with Crippen LogP contribution < -0.4 is 10.6 Å². The van der Waals surface area contributed by atoms with Gasteiger partial charge < -0.3 is 15.5 Å². The van der Waals surface area contributed by atoms with Gasteiger partial charge in [0.25, 0.3) is 0 Å². The first kappa shape index (κ1) is 14.9. The molecule has 0 atom stereocenters. The molecule has 0 radical (unpaired) electrons. The second-order valence-corrected chi connectivity index (χ2v) is 6.11. The third kappa shape index (κ3) is 4.53. The molecule has 4 heteroatoms. The van der Waals surface area contributed by atoms with Gasteiger partial charge in [-0.25, -0.2) is 0 Å². The maximum Gasteiger partial charge on any atom is 0.239 e. The van der Waals surface area contributed by atoms with Crippen LogP contribution in [0.25, 0.3) is 0 Å². The third-order valence-corrected chi connectivity index (χ3v) is 4.13. The van der Waals surface area contributed by atoms with E-state index in [2.05, 4.69) is 29.5 Å². The van der Waals surface area contributed by atoms with Crippen molar-refractivity contribution >= 4 is 11.6 Å². The minimum Gasteiger partial charge on any atom is -0.376 e. The molecule has 0 bridgehead atoms. The van der Waals surface area contributed by atoms with Crippen LogP contribution in [0.15, 0.2) is 30.3 Å².